The summed E-state index contributed by atoms with van der Waals surface area (Å²) in [5.74, 6) is 1.42. The van der Waals surface area contributed by atoms with E-state index in [1.807, 2.05) is 0 Å². The minimum atomic E-state index is 0.247. The first kappa shape index (κ1) is 11.8. The molecule has 0 aromatic carbocycles. The fourth-order valence-corrected chi connectivity index (χ4v) is 2.09. The summed E-state index contributed by atoms with van der Waals surface area (Å²) in [6.07, 6.45) is 7.25. The Bertz CT molecular complexity index is 203. The third kappa shape index (κ3) is 2.84. The van der Waals surface area contributed by atoms with Crippen molar-refractivity contribution < 1.29 is 0 Å². The molecule has 0 saturated carbocycles. The zero-order valence-electron chi connectivity index (χ0n) is 10.3. The molecule has 1 heteroatoms. The van der Waals surface area contributed by atoms with Crippen molar-refractivity contribution in [3.63, 3.8) is 0 Å². The Morgan fingerprint density at radius 1 is 1.29 bits per heavy atom. The van der Waals surface area contributed by atoms with Gasteiger partial charge in [0.2, 0.25) is 0 Å². The first-order valence-electron chi connectivity index (χ1n) is 5.88. The molecule has 0 fully saturated rings. The molecule has 14 heavy (non-hydrogen) atoms. The summed E-state index contributed by atoms with van der Waals surface area (Å²) in [5, 5.41) is 3.75. The van der Waals surface area contributed by atoms with Crippen LogP contribution in [0.2, 0.25) is 0 Å². The molecule has 0 spiro atoms. The smallest absolute Gasteiger partial charge is 0.0190 e. The average molecular weight is 195 g/mol. The normalized spacial score (nSPS) is 24.6. The molecule has 0 amide bonds. The Labute approximate surface area is 89.0 Å². The van der Waals surface area contributed by atoms with Gasteiger partial charge in [0, 0.05) is 11.6 Å². The molecule has 0 radical (unpaired) electrons. The van der Waals surface area contributed by atoms with E-state index in [-0.39, 0.29) is 5.54 Å². The second-order valence-corrected chi connectivity index (χ2v) is 5.51. The van der Waals surface area contributed by atoms with Gasteiger partial charge in [0.15, 0.2) is 0 Å². The highest BCUT2D eigenvalue weighted by atomic mass is 15.0. The monoisotopic (exact) mass is 195 g/mol. The van der Waals surface area contributed by atoms with Crippen molar-refractivity contribution in [2.24, 2.45) is 11.8 Å². The van der Waals surface area contributed by atoms with E-state index < -0.39 is 0 Å². The van der Waals surface area contributed by atoms with Gasteiger partial charge in [0.05, 0.1) is 0 Å². The number of hydrogen-bond acceptors (Lipinski definition) is 1. The Hall–Kier alpha value is -0.300. The molecule has 2 atom stereocenters. The molecule has 1 rings (SSSR count). The van der Waals surface area contributed by atoms with Gasteiger partial charge in [-0.05, 0) is 45.4 Å². The third-order valence-electron chi connectivity index (χ3n) is 3.54. The summed E-state index contributed by atoms with van der Waals surface area (Å²) in [7, 11) is 0. The lowest BCUT2D eigenvalue weighted by molar-refractivity contribution is 0.240. The predicted molar refractivity (Wildman–Crippen MR) is 63.4 cm³/mol. The molecule has 0 aromatic heterocycles. The molecule has 1 nitrogen and oxygen atoms in total. The molecule has 0 bridgehead atoms. The maximum absolute atomic E-state index is 3.75. The van der Waals surface area contributed by atoms with Crippen LogP contribution in [0, 0.1) is 11.8 Å². The van der Waals surface area contributed by atoms with Crippen LogP contribution >= 0.6 is 0 Å². The van der Waals surface area contributed by atoms with Gasteiger partial charge in [-0.3, -0.25) is 0 Å². The van der Waals surface area contributed by atoms with Crippen molar-refractivity contribution in [1.29, 1.82) is 0 Å². The molecule has 0 saturated heterocycles. The zero-order chi connectivity index (χ0) is 10.8. The van der Waals surface area contributed by atoms with Gasteiger partial charge >= 0.3 is 0 Å². The van der Waals surface area contributed by atoms with Crippen LogP contribution in [0.25, 0.3) is 0 Å². The topological polar surface area (TPSA) is 12.0 Å². The van der Waals surface area contributed by atoms with Gasteiger partial charge in [-0.15, -0.1) is 0 Å². The fraction of sp³-hybridized carbons (Fsp3) is 0.846. The number of allylic oxidation sites excluding steroid dienone is 1. The molecule has 1 aliphatic rings. The number of hydrogen-bond donors (Lipinski definition) is 1. The number of rotatable bonds is 4. The van der Waals surface area contributed by atoms with Crippen molar-refractivity contribution in [2.45, 2.75) is 59.0 Å². The Morgan fingerprint density at radius 3 is 2.36 bits per heavy atom. The predicted octanol–water partition coefficient (Wildman–Crippen LogP) is 3.37. The molecular weight excluding hydrogens is 170 g/mol. The van der Waals surface area contributed by atoms with Crippen molar-refractivity contribution >= 4 is 0 Å². The van der Waals surface area contributed by atoms with E-state index in [1.54, 1.807) is 0 Å². The fourth-order valence-electron chi connectivity index (χ4n) is 2.09. The van der Waals surface area contributed by atoms with Gasteiger partial charge in [-0.25, -0.2) is 0 Å². The lowest BCUT2D eigenvalue weighted by Crippen LogP contribution is -2.50. The van der Waals surface area contributed by atoms with Gasteiger partial charge in [-0.2, -0.15) is 0 Å². The first-order valence-corrected chi connectivity index (χ1v) is 5.88. The van der Waals surface area contributed by atoms with Crippen LogP contribution < -0.4 is 5.32 Å². The zero-order valence-corrected chi connectivity index (χ0v) is 10.3. The van der Waals surface area contributed by atoms with Crippen LogP contribution in [0.4, 0.5) is 0 Å². The Kier molecular flexibility index (Phi) is 3.77. The lowest BCUT2D eigenvalue weighted by atomic mass is 9.85. The maximum atomic E-state index is 3.75. The van der Waals surface area contributed by atoms with Crippen molar-refractivity contribution in [3.8, 4) is 0 Å². The lowest BCUT2D eigenvalue weighted by Gasteiger charge is -2.36. The summed E-state index contributed by atoms with van der Waals surface area (Å²) in [6.45, 7) is 11.5. The van der Waals surface area contributed by atoms with Crippen molar-refractivity contribution in [1.82, 2.24) is 5.32 Å². The van der Waals surface area contributed by atoms with Crippen LogP contribution in [0.1, 0.15) is 47.5 Å². The second kappa shape index (κ2) is 4.48. The van der Waals surface area contributed by atoms with Crippen LogP contribution in [0.5, 0.6) is 0 Å². The van der Waals surface area contributed by atoms with E-state index in [4.69, 9.17) is 0 Å². The first-order chi connectivity index (χ1) is 6.43. The largest absolute Gasteiger partial charge is 0.308 e. The molecular formula is C13H25N. The van der Waals surface area contributed by atoms with Gasteiger partial charge in [0.1, 0.15) is 0 Å². The minimum absolute atomic E-state index is 0.247. The number of nitrogens with one attached hydrogen (secondary N) is 1. The van der Waals surface area contributed by atoms with Gasteiger partial charge in [0.25, 0.3) is 0 Å². The molecule has 0 aromatic rings. The van der Waals surface area contributed by atoms with Crippen LogP contribution in [0.3, 0.4) is 0 Å². The minimum Gasteiger partial charge on any atom is -0.308 e. The van der Waals surface area contributed by atoms with Gasteiger partial charge < -0.3 is 5.32 Å². The maximum Gasteiger partial charge on any atom is 0.0190 e. The molecule has 0 aliphatic heterocycles. The third-order valence-corrected chi connectivity index (χ3v) is 3.54. The standard InChI is InChI=1S/C13H25N/c1-10(2)11(3)14-13(4,5)12-8-6-7-9-12/h6,8,10-12,14H,7,9H2,1-5H3. The van der Waals surface area contributed by atoms with E-state index in [9.17, 15) is 0 Å². The summed E-state index contributed by atoms with van der Waals surface area (Å²) in [4.78, 5) is 0. The summed E-state index contributed by atoms with van der Waals surface area (Å²) >= 11 is 0. The van der Waals surface area contributed by atoms with E-state index in [0.717, 1.165) is 0 Å². The van der Waals surface area contributed by atoms with E-state index >= 15 is 0 Å². The van der Waals surface area contributed by atoms with E-state index in [0.29, 0.717) is 17.9 Å². The van der Waals surface area contributed by atoms with Gasteiger partial charge in [-0.1, -0.05) is 26.0 Å². The highest BCUT2D eigenvalue weighted by Gasteiger charge is 2.30. The average Bonchev–Trinajstić information content (AvgIpc) is 2.54. The summed E-state index contributed by atoms with van der Waals surface area (Å²) < 4.78 is 0. The molecule has 0 heterocycles. The quantitative estimate of drug-likeness (QED) is 0.678. The molecule has 82 valence electrons. The summed E-state index contributed by atoms with van der Waals surface area (Å²) in [6, 6.07) is 0.596. The SMILES string of the molecule is CC(C)C(C)NC(C)(C)C1C=CCC1. The molecule has 1 aliphatic carbocycles. The highest BCUT2D eigenvalue weighted by Crippen LogP contribution is 2.29. The van der Waals surface area contributed by atoms with Crippen LogP contribution in [-0.2, 0) is 0 Å². The Balaban J connectivity index is 2.52. The highest BCUT2D eigenvalue weighted by molar-refractivity contribution is 5.05. The van der Waals surface area contributed by atoms with E-state index in [2.05, 4.69) is 52.1 Å². The molecule has 2 unspecified atom stereocenters. The molecule has 1 N–H and O–H groups in total. The summed E-state index contributed by atoms with van der Waals surface area (Å²) in [5.41, 5.74) is 0.247. The Morgan fingerprint density at radius 2 is 1.93 bits per heavy atom. The van der Waals surface area contributed by atoms with Crippen molar-refractivity contribution in [2.75, 3.05) is 0 Å². The van der Waals surface area contributed by atoms with Crippen LogP contribution in [0.15, 0.2) is 12.2 Å². The van der Waals surface area contributed by atoms with Crippen LogP contribution in [-0.4, -0.2) is 11.6 Å². The van der Waals surface area contributed by atoms with E-state index in [1.165, 1.54) is 12.8 Å². The van der Waals surface area contributed by atoms with Crippen molar-refractivity contribution in [3.05, 3.63) is 12.2 Å². The second-order valence-electron chi connectivity index (χ2n) is 5.51.